The third kappa shape index (κ3) is 5.10. The number of halogens is 2. The van der Waals surface area contributed by atoms with Crippen LogP contribution in [0.3, 0.4) is 0 Å². The van der Waals surface area contributed by atoms with Gasteiger partial charge in [0.05, 0.1) is 11.8 Å². The number of hydrogen-bond acceptors (Lipinski definition) is 9. The lowest BCUT2D eigenvalue weighted by molar-refractivity contribution is -0.147. The molecule has 1 saturated heterocycles. The quantitative estimate of drug-likeness (QED) is 0.449. The molecule has 1 fully saturated rings. The summed E-state index contributed by atoms with van der Waals surface area (Å²) in [5.41, 5.74) is 12.1. The van der Waals surface area contributed by atoms with Crippen molar-refractivity contribution < 1.29 is 23.1 Å². The predicted molar refractivity (Wildman–Crippen MR) is 128 cm³/mol. The lowest BCUT2D eigenvalue weighted by Gasteiger charge is -2.24. The second kappa shape index (κ2) is 9.96. The number of amides is 1. The molecule has 13 heteroatoms. The van der Waals surface area contributed by atoms with Crippen molar-refractivity contribution in [3.05, 3.63) is 41.7 Å². The number of aromatic nitrogens is 3. The number of anilines is 3. The highest BCUT2D eigenvalue weighted by molar-refractivity contribution is 7.19. The first kappa shape index (κ1) is 24.5. The molecule has 5 N–H and O–H groups in total. The van der Waals surface area contributed by atoms with Gasteiger partial charge in [-0.25, -0.2) is 13.8 Å². The Labute approximate surface area is 203 Å². The number of nitrogens with two attached hydrogens (primary N) is 2. The Morgan fingerprint density at radius 1 is 1.23 bits per heavy atom. The van der Waals surface area contributed by atoms with Gasteiger partial charge in [-0.1, -0.05) is 17.4 Å². The molecule has 2 aromatic heterocycles. The van der Waals surface area contributed by atoms with Crippen molar-refractivity contribution in [3.8, 4) is 10.6 Å². The minimum absolute atomic E-state index is 0.0237. The molecule has 3 aromatic rings. The molecule has 1 aliphatic rings. The van der Waals surface area contributed by atoms with Gasteiger partial charge < -0.3 is 26.4 Å². The number of ether oxygens (including phenoxy) is 1. The number of nitrogens with zero attached hydrogens (tertiary/aromatic N) is 4. The molecule has 1 aliphatic heterocycles. The summed E-state index contributed by atoms with van der Waals surface area (Å²) in [6.45, 7) is 2.42. The number of esters is 1. The molecule has 4 rings (SSSR count). The third-order valence-electron chi connectivity index (χ3n) is 5.71. The zero-order valence-corrected chi connectivity index (χ0v) is 19.9. The number of carbonyl (C=O) groups is 2. The molecule has 0 radical (unpaired) electrons. The van der Waals surface area contributed by atoms with E-state index in [-0.39, 0.29) is 33.3 Å². The number of rotatable bonds is 5. The number of hydrogen-bond donors (Lipinski definition) is 3. The summed E-state index contributed by atoms with van der Waals surface area (Å²) in [7, 11) is 1.73. The van der Waals surface area contributed by atoms with E-state index in [0.717, 1.165) is 23.5 Å². The van der Waals surface area contributed by atoms with E-state index >= 15 is 0 Å². The van der Waals surface area contributed by atoms with Crippen LogP contribution in [0.5, 0.6) is 0 Å². The molecule has 0 unspecified atom stereocenters. The molecule has 0 spiro atoms. The van der Waals surface area contributed by atoms with Crippen LogP contribution >= 0.6 is 11.3 Å². The highest BCUT2D eigenvalue weighted by atomic mass is 32.1. The predicted octanol–water partition coefficient (Wildman–Crippen LogP) is 2.52. The Kier molecular flexibility index (Phi) is 6.98. The summed E-state index contributed by atoms with van der Waals surface area (Å²) in [4.78, 5) is 30.5. The van der Waals surface area contributed by atoms with Crippen molar-refractivity contribution in [2.24, 2.45) is 12.8 Å². The Hall–Kier alpha value is -3.58. The number of benzene rings is 1. The Bertz CT molecular complexity index is 1240. The fourth-order valence-corrected chi connectivity index (χ4v) is 4.93. The molecule has 0 bridgehead atoms. The monoisotopic (exact) mass is 505 g/mol. The van der Waals surface area contributed by atoms with Crippen LogP contribution in [0.25, 0.3) is 10.6 Å². The van der Waals surface area contributed by atoms with Gasteiger partial charge in [-0.15, -0.1) is 0 Å². The van der Waals surface area contributed by atoms with E-state index in [9.17, 15) is 18.4 Å². The van der Waals surface area contributed by atoms with Crippen molar-refractivity contribution in [2.75, 3.05) is 29.0 Å². The first-order chi connectivity index (χ1) is 16.7. The molecule has 10 nitrogen and oxygen atoms in total. The molecule has 0 saturated carbocycles. The number of aryl methyl sites for hydroxylation is 1. The van der Waals surface area contributed by atoms with E-state index in [0.29, 0.717) is 37.4 Å². The van der Waals surface area contributed by atoms with E-state index in [1.54, 1.807) is 11.7 Å². The maximum atomic E-state index is 14.2. The summed E-state index contributed by atoms with van der Waals surface area (Å²) < 4.78 is 35.3. The van der Waals surface area contributed by atoms with E-state index in [1.165, 1.54) is 19.2 Å². The summed E-state index contributed by atoms with van der Waals surface area (Å²) in [5, 5.41) is 6.99. The molecular weight excluding hydrogens is 480 g/mol. The molecule has 35 heavy (non-hydrogen) atoms. The van der Waals surface area contributed by atoms with E-state index in [2.05, 4.69) is 15.4 Å². The lowest BCUT2D eigenvalue weighted by Crippen LogP contribution is -2.37. The second-order valence-electron chi connectivity index (χ2n) is 8.16. The maximum Gasteiger partial charge on any atom is 0.302 e. The van der Waals surface area contributed by atoms with Crippen LogP contribution < -0.4 is 21.7 Å². The van der Waals surface area contributed by atoms with Crippen molar-refractivity contribution in [3.63, 3.8) is 0 Å². The fourth-order valence-electron chi connectivity index (χ4n) is 4.05. The molecule has 3 heterocycles. The highest BCUT2D eigenvalue weighted by Crippen LogP contribution is 2.34. The number of thiazole rings is 1. The van der Waals surface area contributed by atoms with Crippen LogP contribution in [0.1, 0.15) is 30.3 Å². The zero-order valence-electron chi connectivity index (χ0n) is 19.1. The first-order valence-electron chi connectivity index (χ1n) is 10.9. The SMILES string of the molecule is CC(=O)O[C@H]1CCN(c2c(NC(=O)c3nc(-c4c(F)cccc4F)sc3N)cnn2C)CC[C@@H]1N. The lowest BCUT2D eigenvalue weighted by atomic mass is 10.1. The molecule has 1 aromatic carbocycles. The van der Waals surface area contributed by atoms with Gasteiger partial charge in [-0.3, -0.25) is 14.3 Å². The minimum Gasteiger partial charge on any atom is -0.461 e. The number of carbonyl (C=O) groups excluding carboxylic acids is 2. The summed E-state index contributed by atoms with van der Waals surface area (Å²) >= 11 is 0.819. The van der Waals surface area contributed by atoms with Gasteiger partial charge in [0.25, 0.3) is 5.91 Å². The van der Waals surface area contributed by atoms with Crippen LogP contribution in [0, 0.1) is 11.6 Å². The third-order valence-corrected chi connectivity index (χ3v) is 6.61. The van der Waals surface area contributed by atoms with E-state index < -0.39 is 23.6 Å². The van der Waals surface area contributed by atoms with Crippen molar-refractivity contribution in [1.82, 2.24) is 14.8 Å². The van der Waals surface area contributed by atoms with Crippen LogP contribution in [0.4, 0.5) is 25.3 Å². The van der Waals surface area contributed by atoms with Crippen molar-refractivity contribution >= 4 is 39.7 Å². The highest BCUT2D eigenvalue weighted by Gasteiger charge is 2.29. The van der Waals surface area contributed by atoms with Crippen LogP contribution in [-0.2, 0) is 16.6 Å². The van der Waals surface area contributed by atoms with Gasteiger partial charge in [0.1, 0.15) is 33.4 Å². The molecule has 186 valence electrons. The molecule has 1 amide bonds. The topological polar surface area (TPSA) is 141 Å². The van der Waals surface area contributed by atoms with Gasteiger partial charge in [-0.2, -0.15) is 5.10 Å². The molecular formula is C22H25F2N7O3S. The van der Waals surface area contributed by atoms with Gasteiger partial charge in [0.2, 0.25) is 0 Å². The average molecular weight is 506 g/mol. The van der Waals surface area contributed by atoms with Gasteiger partial charge >= 0.3 is 5.97 Å². The van der Waals surface area contributed by atoms with Crippen LogP contribution in [0.15, 0.2) is 24.4 Å². The summed E-state index contributed by atoms with van der Waals surface area (Å²) in [6, 6.07) is 3.14. The first-order valence-corrected chi connectivity index (χ1v) is 11.7. The Morgan fingerprint density at radius 3 is 2.60 bits per heavy atom. The molecule has 0 aliphatic carbocycles. The fraction of sp³-hybridized carbons (Fsp3) is 0.364. The normalized spacial score (nSPS) is 18.3. The van der Waals surface area contributed by atoms with Gasteiger partial charge in [0, 0.05) is 39.5 Å². The van der Waals surface area contributed by atoms with E-state index in [1.807, 2.05) is 4.90 Å². The Balaban J connectivity index is 1.55. The largest absolute Gasteiger partial charge is 0.461 e. The smallest absolute Gasteiger partial charge is 0.302 e. The Morgan fingerprint density at radius 2 is 1.91 bits per heavy atom. The summed E-state index contributed by atoms with van der Waals surface area (Å²) in [6.07, 6.45) is 2.15. The summed E-state index contributed by atoms with van der Waals surface area (Å²) in [5.74, 6) is -2.00. The van der Waals surface area contributed by atoms with Crippen LogP contribution in [-0.4, -0.2) is 51.9 Å². The van der Waals surface area contributed by atoms with Gasteiger partial charge in [-0.05, 0) is 18.6 Å². The average Bonchev–Trinajstić information content (AvgIpc) is 3.29. The number of nitrogens with one attached hydrogen (secondary N) is 1. The van der Waals surface area contributed by atoms with Crippen molar-refractivity contribution in [1.29, 1.82) is 0 Å². The zero-order chi connectivity index (χ0) is 25.3. The van der Waals surface area contributed by atoms with E-state index in [4.69, 9.17) is 16.2 Å². The minimum atomic E-state index is -0.799. The van der Waals surface area contributed by atoms with Crippen LogP contribution in [0.2, 0.25) is 0 Å². The second-order valence-corrected chi connectivity index (χ2v) is 9.19. The van der Waals surface area contributed by atoms with Crippen molar-refractivity contribution in [2.45, 2.75) is 31.9 Å². The van der Waals surface area contributed by atoms with Gasteiger partial charge in [0.15, 0.2) is 11.5 Å². The molecule has 2 atom stereocenters. The standard InChI is InChI=1S/C22H25F2N7O3S/c1-11(32)34-16-7-9-31(8-6-14(16)25)22-15(10-27-30(22)2)28-20(33)18-19(26)35-21(29-18)17-12(23)4-3-5-13(17)24/h3-5,10,14,16H,6-9,25-26H2,1-2H3,(H,28,33)/t14-,16-/m0/s1. The number of nitrogen functional groups attached to an aromatic ring is 1. The maximum absolute atomic E-state index is 14.2.